The summed E-state index contributed by atoms with van der Waals surface area (Å²) >= 11 is 5.26. The Labute approximate surface area is 176 Å². The van der Waals surface area contributed by atoms with Crippen molar-refractivity contribution in [3.8, 4) is 5.75 Å². The maximum absolute atomic E-state index is 12.9. The molecule has 2 amide bonds. The van der Waals surface area contributed by atoms with Gasteiger partial charge in [0.1, 0.15) is 17.9 Å². The Morgan fingerprint density at radius 2 is 1.97 bits per heavy atom. The predicted octanol–water partition coefficient (Wildman–Crippen LogP) is 3.29. The van der Waals surface area contributed by atoms with E-state index in [9.17, 15) is 9.59 Å². The molecule has 0 radical (unpaired) electrons. The van der Waals surface area contributed by atoms with Gasteiger partial charge < -0.3 is 24.0 Å². The molecule has 2 aliphatic rings. The van der Waals surface area contributed by atoms with E-state index in [2.05, 4.69) is 0 Å². The Balaban J connectivity index is 1.68. The molecule has 158 valence electrons. The van der Waals surface area contributed by atoms with Crippen LogP contribution in [0.25, 0.3) is 0 Å². The summed E-state index contributed by atoms with van der Waals surface area (Å²) in [5.41, 5.74) is 1.12. The number of amides is 2. The lowest BCUT2D eigenvalue weighted by atomic mass is 9.89. The van der Waals surface area contributed by atoms with Crippen LogP contribution in [0.15, 0.2) is 24.3 Å². The zero-order chi connectivity index (χ0) is 21.0. The first kappa shape index (κ1) is 21.4. The van der Waals surface area contributed by atoms with E-state index in [1.54, 1.807) is 9.80 Å². The fraction of sp³-hybridized carbons (Fsp3) is 0.571. The Kier molecular flexibility index (Phi) is 6.95. The predicted molar refractivity (Wildman–Crippen MR) is 112 cm³/mol. The van der Waals surface area contributed by atoms with Crippen molar-refractivity contribution >= 4 is 29.5 Å². The van der Waals surface area contributed by atoms with Crippen LogP contribution >= 0.6 is 12.2 Å². The molecule has 1 aromatic rings. The molecule has 0 bridgehead atoms. The first-order valence-electron chi connectivity index (χ1n) is 10.0. The van der Waals surface area contributed by atoms with Crippen LogP contribution in [0.2, 0.25) is 0 Å². The van der Waals surface area contributed by atoms with Crippen LogP contribution < -0.4 is 4.74 Å². The Hall–Kier alpha value is -2.35. The van der Waals surface area contributed by atoms with E-state index in [4.69, 9.17) is 26.4 Å². The molecule has 2 saturated heterocycles. The number of ether oxygens (including phenoxy) is 3. The molecule has 0 unspecified atom stereocenters. The molecule has 2 fully saturated rings. The first-order chi connectivity index (χ1) is 13.9. The fourth-order valence-corrected chi connectivity index (χ4v) is 4.25. The number of aryl methyl sites for hydroxylation is 1. The van der Waals surface area contributed by atoms with Crippen molar-refractivity contribution in [2.24, 2.45) is 0 Å². The van der Waals surface area contributed by atoms with E-state index >= 15 is 0 Å². The van der Waals surface area contributed by atoms with Crippen LogP contribution in [0.1, 0.15) is 38.2 Å². The second-order valence-corrected chi connectivity index (χ2v) is 7.87. The van der Waals surface area contributed by atoms with Crippen molar-refractivity contribution in [1.29, 1.82) is 0 Å². The average Bonchev–Trinajstić information content (AvgIpc) is 2.70. The third kappa shape index (κ3) is 4.98. The lowest BCUT2D eigenvalue weighted by molar-refractivity contribution is -0.151. The highest BCUT2D eigenvalue weighted by Gasteiger charge is 2.47. The quantitative estimate of drug-likeness (QED) is 0.538. The summed E-state index contributed by atoms with van der Waals surface area (Å²) in [4.78, 5) is 28.8. The molecule has 0 aromatic heterocycles. The molecule has 0 spiro atoms. The van der Waals surface area contributed by atoms with Gasteiger partial charge in [0.05, 0.1) is 7.11 Å². The number of hydrogen-bond acceptors (Lipinski definition) is 6. The summed E-state index contributed by atoms with van der Waals surface area (Å²) < 4.78 is 16.4. The molecule has 1 aromatic carbocycles. The van der Waals surface area contributed by atoms with Crippen molar-refractivity contribution < 1.29 is 23.8 Å². The first-order valence-corrected chi connectivity index (χ1v) is 10.4. The number of benzene rings is 1. The van der Waals surface area contributed by atoms with Crippen LogP contribution in [0, 0.1) is 6.92 Å². The molecule has 0 saturated carbocycles. The number of urea groups is 1. The fourth-order valence-electron chi connectivity index (χ4n) is 4.02. The number of nitrogens with zero attached hydrogens (tertiary/aromatic N) is 2. The summed E-state index contributed by atoms with van der Waals surface area (Å²) in [7, 11) is 1.34. The smallest absolute Gasteiger partial charge is 0.358 e. The van der Waals surface area contributed by atoms with Gasteiger partial charge in [-0.1, -0.05) is 24.6 Å². The number of esters is 1. The zero-order valence-corrected chi connectivity index (χ0v) is 17.9. The number of thiocarbonyl (C=S) groups is 1. The SMILES string of the molecule is CCCN1CC[C@@H]2C[C@@H](OC(=S)Oc3ccc(C)cc3)C[C@@H](C(=O)OC)N2C1=O. The van der Waals surface area contributed by atoms with E-state index in [1.807, 2.05) is 38.1 Å². The second-order valence-electron chi connectivity index (χ2n) is 7.53. The lowest BCUT2D eigenvalue weighted by Crippen LogP contribution is -2.64. The Bertz CT molecular complexity index is 754. The van der Waals surface area contributed by atoms with Crippen molar-refractivity contribution in [2.75, 3.05) is 20.2 Å². The van der Waals surface area contributed by atoms with Gasteiger partial charge in [0.25, 0.3) is 0 Å². The highest BCUT2D eigenvalue weighted by atomic mass is 32.1. The normalized spacial score (nSPS) is 24.0. The van der Waals surface area contributed by atoms with E-state index in [0.29, 0.717) is 31.7 Å². The third-order valence-corrected chi connectivity index (χ3v) is 5.61. The monoisotopic (exact) mass is 420 g/mol. The van der Waals surface area contributed by atoms with Crippen LogP contribution in [0.3, 0.4) is 0 Å². The molecular formula is C21H28N2O5S. The van der Waals surface area contributed by atoms with Gasteiger partial charge in [0, 0.05) is 44.2 Å². The summed E-state index contributed by atoms with van der Waals surface area (Å²) in [5, 5.41) is 0.0191. The number of methoxy groups -OCH3 is 1. The minimum atomic E-state index is -0.682. The van der Waals surface area contributed by atoms with Crippen molar-refractivity contribution in [1.82, 2.24) is 9.80 Å². The van der Waals surface area contributed by atoms with Gasteiger partial charge in [-0.25, -0.2) is 9.59 Å². The Morgan fingerprint density at radius 1 is 1.24 bits per heavy atom. The van der Waals surface area contributed by atoms with Crippen molar-refractivity contribution in [3.05, 3.63) is 29.8 Å². The van der Waals surface area contributed by atoms with Crippen LogP contribution in [-0.4, -0.2) is 65.4 Å². The standard InChI is InChI=1S/C21H28N2O5S/c1-4-10-22-11-9-15-12-17(13-18(19(24)26-3)23(15)20(22)25)28-21(29)27-16-7-5-14(2)6-8-16/h5-8,15,17-18H,4,9-13H2,1-3H3/t15-,17-,18+/m1/s1. The number of rotatable bonds is 5. The molecule has 8 heteroatoms. The highest BCUT2D eigenvalue weighted by Crippen LogP contribution is 2.32. The van der Waals surface area contributed by atoms with Gasteiger partial charge in [-0.05, 0) is 31.9 Å². The summed E-state index contributed by atoms with van der Waals surface area (Å²) in [6, 6.07) is 6.65. The number of piperidine rings is 1. The topological polar surface area (TPSA) is 68.3 Å². The van der Waals surface area contributed by atoms with Crippen molar-refractivity contribution in [3.63, 3.8) is 0 Å². The largest absolute Gasteiger partial charge is 0.467 e. The van der Waals surface area contributed by atoms with E-state index in [1.165, 1.54) is 7.11 Å². The number of fused-ring (bicyclic) bond motifs is 1. The van der Waals surface area contributed by atoms with Crippen LogP contribution in [0.5, 0.6) is 5.75 Å². The second kappa shape index (κ2) is 9.43. The molecule has 3 rings (SSSR count). The minimum Gasteiger partial charge on any atom is -0.467 e. The van der Waals surface area contributed by atoms with Crippen LogP contribution in [0.4, 0.5) is 4.79 Å². The number of carbonyl (C=O) groups is 2. The summed E-state index contributed by atoms with van der Waals surface area (Å²) in [6.45, 7) is 5.39. The molecule has 0 aliphatic carbocycles. The van der Waals surface area contributed by atoms with E-state index < -0.39 is 12.0 Å². The lowest BCUT2D eigenvalue weighted by Gasteiger charge is -2.48. The average molecular weight is 421 g/mol. The maximum Gasteiger partial charge on any atom is 0.358 e. The van der Waals surface area contributed by atoms with Gasteiger partial charge in [-0.3, -0.25) is 0 Å². The van der Waals surface area contributed by atoms with Gasteiger partial charge >= 0.3 is 17.2 Å². The molecule has 29 heavy (non-hydrogen) atoms. The molecule has 2 heterocycles. The number of carbonyl (C=O) groups excluding carboxylic acids is 2. The van der Waals surface area contributed by atoms with Gasteiger partial charge in [0.2, 0.25) is 0 Å². The maximum atomic E-state index is 12.9. The number of hydrogen-bond donors (Lipinski definition) is 0. The molecule has 2 aliphatic heterocycles. The molecule has 7 nitrogen and oxygen atoms in total. The third-order valence-electron chi connectivity index (χ3n) is 5.43. The Morgan fingerprint density at radius 3 is 2.62 bits per heavy atom. The van der Waals surface area contributed by atoms with Gasteiger partial charge in [0.15, 0.2) is 0 Å². The minimum absolute atomic E-state index is 0.0191. The van der Waals surface area contributed by atoms with Crippen LogP contribution in [-0.2, 0) is 14.3 Å². The molecular weight excluding hydrogens is 392 g/mol. The summed E-state index contributed by atoms with van der Waals surface area (Å²) in [6.07, 6.45) is 2.28. The van der Waals surface area contributed by atoms with E-state index in [0.717, 1.165) is 18.4 Å². The molecule has 3 atom stereocenters. The highest BCUT2D eigenvalue weighted by molar-refractivity contribution is 7.79. The van der Waals surface area contributed by atoms with E-state index in [-0.39, 0.29) is 23.4 Å². The van der Waals surface area contributed by atoms with Gasteiger partial charge in [-0.15, -0.1) is 0 Å². The zero-order valence-electron chi connectivity index (χ0n) is 17.1. The summed E-state index contributed by atoms with van der Waals surface area (Å²) in [5.74, 6) is 0.172. The van der Waals surface area contributed by atoms with Crippen molar-refractivity contribution in [2.45, 2.75) is 57.7 Å². The molecule has 0 N–H and O–H groups in total. The van der Waals surface area contributed by atoms with Gasteiger partial charge in [-0.2, -0.15) is 0 Å².